The van der Waals surface area contributed by atoms with Gasteiger partial charge >= 0.3 is 0 Å². The van der Waals surface area contributed by atoms with Crippen LogP contribution in [0.25, 0.3) is 0 Å². The topological polar surface area (TPSA) is 47.8 Å². The average Bonchev–Trinajstić information content (AvgIpc) is 3.08. The first-order valence-corrected chi connectivity index (χ1v) is 9.93. The van der Waals surface area contributed by atoms with E-state index in [1.165, 1.54) is 6.33 Å². The smallest absolute Gasteiger partial charge is 0.137 e. The SMILES string of the molecule is O=S(Cc1ccc(Cl)cc1)C(Cn1cncn1)c1ccc(Cl)cc1Cl. The first-order chi connectivity index (χ1) is 12.0. The van der Waals surface area contributed by atoms with E-state index in [1.54, 1.807) is 35.3 Å². The Hall–Kier alpha value is -1.40. The lowest BCUT2D eigenvalue weighted by Crippen LogP contribution is -2.16. The van der Waals surface area contributed by atoms with Gasteiger partial charge in [0.15, 0.2) is 0 Å². The molecule has 25 heavy (non-hydrogen) atoms. The van der Waals surface area contributed by atoms with Crippen molar-refractivity contribution in [2.45, 2.75) is 17.5 Å². The minimum absolute atomic E-state index is 0.345. The summed E-state index contributed by atoms with van der Waals surface area (Å²) >= 11 is 18.3. The molecule has 0 fully saturated rings. The van der Waals surface area contributed by atoms with Crippen molar-refractivity contribution in [3.63, 3.8) is 0 Å². The van der Waals surface area contributed by atoms with Crippen molar-refractivity contribution in [1.82, 2.24) is 14.8 Å². The molecule has 0 amide bonds. The van der Waals surface area contributed by atoms with E-state index in [-0.39, 0.29) is 5.25 Å². The largest absolute Gasteiger partial charge is 0.259 e. The Bertz CT molecular complexity index is 869. The van der Waals surface area contributed by atoms with Crippen LogP contribution in [0.1, 0.15) is 16.4 Å². The van der Waals surface area contributed by atoms with E-state index in [0.717, 1.165) is 11.1 Å². The maximum absolute atomic E-state index is 13.1. The van der Waals surface area contributed by atoms with Crippen molar-refractivity contribution in [1.29, 1.82) is 0 Å². The van der Waals surface area contributed by atoms with Gasteiger partial charge in [-0.05, 0) is 35.4 Å². The van der Waals surface area contributed by atoms with E-state index in [9.17, 15) is 4.21 Å². The Morgan fingerprint density at radius 1 is 1.04 bits per heavy atom. The predicted molar refractivity (Wildman–Crippen MR) is 103 cm³/mol. The molecular weight excluding hydrogens is 401 g/mol. The lowest BCUT2D eigenvalue weighted by atomic mass is 10.1. The third-order valence-electron chi connectivity index (χ3n) is 3.67. The highest BCUT2D eigenvalue weighted by Gasteiger charge is 2.23. The number of nitrogens with zero attached hydrogens (tertiary/aromatic N) is 3. The van der Waals surface area contributed by atoms with Gasteiger partial charge in [-0.3, -0.25) is 8.89 Å². The van der Waals surface area contributed by atoms with Gasteiger partial charge in [-0.15, -0.1) is 0 Å². The molecule has 0 aliphatic heterocycles. The molecule has 8 heteroatoms. The maximum Gasteiger partial charge on any atom is 0.137 e. The van der Waals surface area contributed by atoms with Crippen LogP contribution in [0.3, 0.4) is 0 Å². The zero-order valence-corrected chi connectivity index (χ0v) is 16.1. The van der Waals surface area contributed by atoms with E-state index in [4.69, 9.17) is 34.8 Å². The molecule has 1 aromatic heterocycles. The van der Waals surface area contributed by atoms with Crippen LogP contribution < -0.4 is 0 Å². The van der Waals surface area contributed by atoms with E-state index in [1.807, 2.05) is 18.2 Å². The van der Waals surface area contributed by atoms with Crippen LogP contribution in [0, 0.1) is 0 Å². The Morgan fingerprint density at radius 3 is 2.40 bits per heavy atom. The minimum atomic E-state index is -1.23. The van der Waals surface area contributed by atoms with Crippen LogP contribution >= 0.6 is 34.8 Å². The summed E-state index contributed by atoms with van der Waals surface area (Å²) in [4.78, 5) is 3.94. The summed E-state index contributed by atoms with van der Waals surface area (Å²) in [6.07, 6.45) is 3.04. The van der Waals surface area contributed by atoms with Crippen LogP contribution in [-0.2, 0) is 23.1 Å². The van der Waals surface area contributed by atoms with Crippen molar-refractivity contribution < 1.29 is 4.21 Å². The second-order valence-corrected chi connectivity index (χ2v) is 8.32. The van der Waals surface area contributed by atoms with Crippen LogP contribution in [0.2, 0.25) is 15.1 Å². The molecule has 0 spiro atoms. The minimum Gasteiger partial charge on any atom is -0.259 e. The molecule has 4 nitrogen and oxygen atoms in total. The van der Waals surface area contributed by atoms with Crippen molar-refractivity contribution in [2.24, 2.45) is 0 Å². The number of aromatic nitrogens is 3. The summed E-state index contributed by atoms with van der Waals surface area (Å²) in [5, 5.41) is 5.44. The molecule has 2 aromatic carbocycles. The van der Waals surface area contributed by atoms with Gasteiger partial charge in [-0.2, -0.15) is 5.10 Å². The van der Waals surface area contributed by atoms with E-state index in [2.05, 4.69) is 10.1 Å². The van der Waals surface area contributed by atoms with Crippen molar-refractivity contribution >= 4 is 45.6 Å². The number of rotatable bonds is 6. The molecule has 2 atom stereocenters. The molecule has 0 radical (unpaired) electrons. The van der Waals surface area contributed by atoms with Crippen LogP contribution in [-0.4, -0.2) is 19.0 Å². The number of hydrogen-bond donors (Lipinski definition) is 0. The highest BCUT2D eigenvalue weighted by atomic mass is 35.5. The van der Waals surface area contributed by atoms with Crippen LogP contribution in [0.4, 0.5) is 0 Å². The third kappa shape index (κ3) is 4.82. The highest BCUT2D eigenvalue weighted by molar-refractivity contribution is 7.84. The van der Waals surface area contributed by atoms with Gasteiger partial charge in [0.1, 0.15) is 12.7 Å². The maximum atomic E-state index is 13.1. The van der Waals surface area contributed by atoms with Crippen molar-refractivity contribution in [3.8, 4) is 0 Å². The van der Waals surface area contributed by atoms with Crippen LogP contribution in [0.15, 0.2) is 55.1 Å². The first kappa shape index (κ1) is 18.4. The van der Waals surface area contributed by atoms with E-state index >= 15 is 0 Å². The standard InChI is InChI=1S/C17H14Cl3N3OS/c18-13-3-1-12(2-4-13)9-25(24)17(8-23-11-21-10-22-23)15-6-5-14(19)7-16(15)20/h1-7,10-11,17H,8-9H2. The first-order valence-electron chi connectivity index (χ1n) is 7.42. The Morgan fingerprint density at radius 2 is 1.76 bits per heavy atom. The molecule has 1 heterocycles. The fourth-order valence-electron chi connectivity index (χ4n) is 2.43. The molecule has 0 saturated heterocycles. The Kier molecular flexibility index (Phi) is 6.12. The van der Waals surface area contributed by atoms with Crippen molar-refractivity contribution in [3.05, 3.63) is 81.3 Å². The molecule has 0 aliphatic carbocycles. The summed E-state index contributed by atoms with van der Waals surface area (Å²) in [5.74, 6) is 0.384. The summed E-state index contributed by atoms with van der Waals surface area (Å²) in [7, 11) is -1.23. The normalized spacial score (nSPS) is 13.6. The summed E-state index contributed by atoms with van der Waals surface area (Å²) in [5.41, 5.74) is 1.71. The Balaban J connectivity index is 1.89. The molecule has 0 saturated carbocycles. The van der Waals surface area contributed by atoms with Gasteiger partial charge in [0.2, 0.25) is 0 Å². The molecule has 3 aromatic rings. The highest BCUT2D eigenvalue weighted by Crippen LogP contribution is 2.32. The zero-order chi connectivity index (χ0) is 17.8. The van der Waals surface area contributed by atoms with Gasteiger partial charge < -0.3 is 0 Å². The summed E-state index contributed by atoms with van der Waals surface area (Å²) in [6, 6.07) is 12.5. The van der Waals surface area contributed by atoms with Gasteiger partial charge in [-0.1, -0.05) is 53.0 Å². The van der Waals surface area contributed by atoms with Gasteiger partial charge in [0.05, 0.1) is 11.8 Å². The molecule has 3 rings (SSSR count). The van der Waals surface area contributed by atoms with Gasteiger partial charge in [-0.25, -0.2) is 4.98 Å². The molecule has 130 valence electrons. The van der Waals surface area contributed by atoms with E-state index in [0.29, 0.717) is 27.4 Å². The third-order valence-corrected chi connectivity index (χ3v) is 6.14. The predicted octanol–water partition coefficient (Wildman–Crippen LogP) is 4.93. The van der Waals surface area contributed by atoms with Crippen molar-refractivity contribution in [2.75, 3.05) is 0 Å². The van der Waals surface area contributed by atoms with Gasteiger partial charge in [0.25, 0.3) is 0 Å². The van der Waals surface area contributed by atoms with E-state index < -0.39 is 10.8 Å². The molecule has 0 N–H and O–H groups in total. The van der Waals surface area contributed by atoms with Gasteiger partial charge in [0, 0.05) is 31.6 Å². The summed E-state index contributed by atoms with van der Waals surface area (Å²) < 4.78 is 14.7. The molecular formula is C17H14Cl3N3OS. The van der Waals surface area contributed by atoms with Crippen LogP contribution in [0.5, 0.6) is 0 Å². The second-order valence-electron chi connectivity index (χ2n) is 5.42. The molecule has 2 unspecified atom stereocenters. The Labute approximate surface area is 163 Å². The number of halogens is 3. The summed E-state index contributed by atoms with van der Waals surface area (Å²) in [6.45, 7) is 0.404. The lowest BCUT2D eigenvalue weighted by Gasteiger charge is -2.18. The lowest BCUT2D eigenvalue weighted by molar-refractivity contribution is 0.585. The fourth-order valence-corrected chi connectivity index (χ4v) is 4.69. The second kappa shape index (κ2) is 8.32. The zero-order valence-electron chi connectivity index (χ0n) is 13.0. The quantitative estimate of drug-likeness (QED) is 0.574. The average molecular weight is 415 g/mol. The monoisotopic (exact) mass is 413 g/mol. The fraction of sp³-hybridized carbons (Fsp3) is 0.176. The molecule has 0 bridgehead atoms. The number of hydrogen-bond acceptors (Lipinski definition) is 3. The number of benzene rings is 2. The molecule has 0 aliphatic rings.